The van der Waals surface area contributed by atoms with E-state index in [4.69, 9.17) is 0 Å². The van der Waals surface area contributed by atoms with Crippen molar-refractivity contribution in [2.24, 2.45) is 11.0 Å². The average molecular weight is 410 g/mol. The molecular weight excluding hydrogens is 390 g/mol. The second kappa shape index (κ2) is 7.47. The number of carbonyl (C=O) groups is 1. The second-order valence-electron chi connectivity index (χ2n) is 7.62. The van der Waals surface area contributed by atoms with Crippen LogP contribution >= 0.6 is 0 Å². The predicted molar refractivity (Wildman–Crippen MR) is 107 cm³/mol. The Morgan fingerprint density at radius 1 is 1.07 bits per heavy atom. The molecule has 2 aliphatic heterocycles. The van der Waals surface area contributed by atoms with Gasteiger partial charge in [-0.2, -0.15) is 5.10 Å². The summed E-state index contributed by atoms with van der Waals surface area (Å²) >= 11 is 0. The first-order valence-corrected chi connectivity index (χ1v) is 9.95. The minimum atomic E-state index is -0.653. The lowest BCUT2D eigenvalue weighted by atomic mass is 9.94. The molecule has 0 unspecified atom stereocenters. The second-order valence-corrected chi connectivity index (χ2v) is 7.62. The lowest BCUT2D eigenvalue weighted by Crippen LogP contribution is -2.41. The molecule has 9 heteroatoms. The van der Waals surface area contributed by atoms with E-state index in [9.17, 15) is 13.6 Å². The maximum atomic E-state index is 13.6. The average Bonchev–Trinajstić information content (AvgIpc) is 3.41. The highest BCUT2D eigenvalue weighted by Gasteiger charge is 2.35. The van der Waals surface area contributed by atoms with Crippen LogP contribution in [0, 0.1) is 17.6 Å². The molecule has 0 spiro atoms. The van der Waals surface area contributed by atoms with E-state index in [0.717, 1.165) is 17.5 Å². The van der Waals surface area contributed by atoms with Gasteiger partial charge in [-0.1, -0.05) is 0 Å². The number of amides is 1. The van der Waals surface area contributed by atoms with E-state index < -0.39 is 17.7 Å². The third kappa shape index (κ3) is 3.40. The first kappa shape index (κ1) is 18.7. The SMILES string of the molecule is O=C(C1CCN(c2ccc3nccn3n2)CC1)N1N=CC[C@H]1c1cc(F)cc(F)c1. The van der Waals surface area contributed by atoms with E-state index in [-0.39, 0.29) is 11.8 Å². The number of fused-ring (bicyclic) bond motifs is 1. The molecule has 7 nitrogen and oxygen atoms in total. The van der Waals surface area contributed by atoms with Gasteiger partial charge in [0.2, 0.25) is 5.91 Å². The number of hydrazone groups is 1. The smallest absolute Gasteiger partial charge is 0.246 e. The molecule has 2 aromatic heterocycles. The van der Waals surface area contributed by atoms with Gasteiger partial charge in [0.25, 0.3) is 0 Å². The summed E-state index contributed by atoms with van der Waals surface area (Å²) in [6, 6.07) is 6.75. The highest BCUT2D eigenvalue weighted by Crippen LogP contribution is 2.33. The van der Waals surface area contributed by atoms with Crippen molar-refractivity contribution in [1.29, 1.82) is 0 Å². The molecular formula is C21H20F2N6O. The maximum Gasteiger partial charge on any atom is 0.246 e. The quantitative estimate of drug-likeness (QED) is 0.665. The molecule has 0 saturated carbocycles. The summed E-state index contributed by atoms with van der Waals surface area (Å²) in [7, 11) is 0. The molecule has 1 saturated heterocycles. The molecule has 1 amide bonds. The normalized spacial score (nSPS) is 19.7. The Morgan fingerprint density at radius 2 is 1.83 bits per heavy atom. The number of piperidine rings is 1. The zero-order valence-corrected chi connectivity index (χ0v) is 16.2. The van der Waals surface area contributed by atoms with Crippen molar-refractivity contribution < 1.29 is 13.6 Å². The van der Waals surface area contributed by atoms with E-state index >= 15 is 0 Å². The van der Waals surface area contributed by atoms with E-state index in [1.807, 2.05) is 12.1 Å². The summed E-state index contributed by atoms with van der Waals surface area (Å²) in [6.07, 6.45) is 6.91. The van der Waals surface area contributed by atoms with Gasteiger partial charge in [-0.3, -0.25) is 4.79 Å². The number of carbonyl (C=O) groups excluding carboxylic acids is 1. The highest BCUT2D eigenvalue weighted by molar-refractivity contribution is 5.82. The fourth-order valence-electron chi connectivity index (χ4n) is 4.19. The summed E-state index contributed by atoms with van der Waals surface area (Å²) < 4.78 is 29.0. The Morgan fingerprint density at radius 3 is 2.60 bits per heavy atom. The van der Waals surface area contributed by atoms with Crippen LogP contribution in [0.2, 0.25) is 0 Å². The topological polar surface area (TPSA) is 66.1 Å². The van der Waals surface area contributed by atoms with Crippen molar-refractivity contribution in [2.75, 3.05) is 18.0 Å². The van der Waals surface area contributed by atoms with Crippen molar-refractivity contribution in [3.63, 3.8) is 0 Å². The first-order valence-electron chi connectivity index (χ1n) is 9.95. The van der Waals surface area contributed by atoms with Crippen molar-refractivity contribution in [1.82, 2.24) is 19.6 Å². The largest absolute Gasteiger partial charge is 0.355 e. The van der Waals surface area contributed by atoms with Crippen LogP contribution in [0.25, 0.3) is 5.65 Å². The van der Waals surface area contributed by atoms with E-state index in [1.165, 1.54) is 17.1 Å². The molecule has 1 atom stereocenters. The zero-order valence-electron chi connectivity index (χ0n) is 16.2. The van der Waals surface area contributed by atoms with Gasteiger partial charge in [0.1, 0.15) is 17.5 Å². The number of imidazole rings is 1. The van der Waals surface area contributed by atoms with Crippen LogP contribution in [-0.4, -0.2) is 44.8 Å². The molecule has 1 fully saturated rings. The Hall–Kier alpha value is -3.36. The number of rotatable bonds is 3. The van der Waals surface area contributed by atoms with Crippen LogP contribution in [0.3, 0.4) is 0 Å². The van der Waals surface area contributed by atoms with Crippen LogP contribution < -0.4 is 4.90 Å². The van der Waals surface area contributed by atoms with Gasteiger partial charge < -0.3 is 4.90 Å². The Bertz CT molecular complexity index is 1100. The first-order chi connectivity index (χ1) is 14.6. The Labute approximate surface area is 171 Å². The monoisotopic (exact) mass is 410 g/mol. The lowest BCUT2D eigenvalue weighted by molar-refractivity contribution is -0.138. The van der Waals surface area contributed by atoms with Crippen LogP contribution in [-0.2, 0) is 4.79 Å². The van der Waals surface area contributed by atoms with Gasteiger partial charge in [0.05, 0.1) is 6.04 Å². The molecule has 1 aromatic carbocycles. The lowest BCUT2D eigenvalue weighted by Gasteiger charge is -2.34. The summed E-state index contributed by atoms with van der Waals surface area (Å²) in [6.45, 7) is 1.39. The molecule has 0 bridgehead atoms. The number of nitrogens with zero attached hydrogens (tertiary/aromatic N) is 6. The molecule has 30 heavy (non-hydrogen) atoms. The van der Waals surface area contributed by atoms with Crippen molar-refractivity contribution in [3.05, 3.63) is 59.9 Å². The van der Waals surface area contributed by atoms with Gasteiger partial charge >= 0.3 is 0 Å². The molecule has 0 aliphatic carbocycles. The zero-order chi connectivity index (χ0) is 20.7. The summed E-state index contributed by atoms with van der Waals surface area (Å²) in [4.78, 5) is 19.5. The van der Waals surface area contributed by atoms with Gasteiger partial charge in [-0.05, 0) is 42.7 Å². The highest BCUT2D eigenvalue weighted by atomic mass is 19.1. The number of benzene rings is 1. The van der Waals surface area contributed by atoms with Crippen molar-refractivity contribution in [2.45, 2.75) is 25.3 Å². The van der Waals surface area contributed by atoms with Gasteiger partial charge in [0.15, 0.2) is 5.65 Å². The number of anilines is 1. The number of hydrogen-bond donors (Lipinski definition) is 0. The van der Waals surface area contributed by atoms with Crippen molar-refractivity contribution >= 4 is 23.6 Å². The number of aromatic nitrogens is 3. The Balaban J connectivity index is 1.27. The molecule has 5 rings (SSSR count). The van der Waals surface area contributed by atoms with Gasteiger partial charge in [-0.15, -0.1) is 5.10 Å². The summed E-state index contributed by atoms with van der Waals surface area (Å²) in [5.41, 5.74) is 1.21. The minimum absolute atomic E-state index is 0.101. The molecule has 0 radical (unpaired) electrons. The van der Waals surface area contributed by atoms with Crippen LogP contribution in [0.5, 0.6) is 0 Å². The van der Waals surface area contributed by atoms with Gasteiger partial charge in [0, 0.05) is 50.1 Å². The maximum absolute atomic E-state index is 13.6. The van der Waals surface area contributed by atoms with E-state index in [2.05, 4.69) is 20.1 Å². The number of halogens is 2. The standard InChI is InChI=1S/C21H20F2N6O/c22-16-11-15(12-17(23)13-16)18-3-6-25-29(18)21(30)14-4-8-27(9-5-14)20-2-1-19-24-7-10-28(19)26-20/h1-2,6-7,10-14,18H,3-5,8-9H2/t18-/m0/s1. The van der Waals surface area contributed by atoms with Gasteiger partial charge in [-0.25, -0.2) is 23.3 Å². The summed E-state index contributed by atoms with van der Waals surface area (Å²) in [5, 5.41) is 10.2. The van der Waals surface area contributed by atoms with Crippen LogP contribution in [0.15, 0.2) is 47.8 Å². The third-order valence-corrected chi connectivity index (χ3v) is 5.73. The predicted octanol–water partition coefficient (Wildman–Crippen LogP) is 3.18. The fraction of sp³-hybridized carbons (Fsp3) is 0.333. The van der Waals surface area contributed by atoms with Crippen LogP contribution in [0.1, 0.15) is 30.9 Å². The third-order valence-electron chi connectivity index (χ3n) is 5.73. The number of hydrogen-bond acceptors (Lipinski definition) is 5. The minimum Gasteiger partial charge on any atom is -0.355 e. The summed E-state index contributed by atoms with van der Waals surface area (Å²) in [5.74, 6) is -0.746. The molecule has 154 valence electrons. The molecule has 3 aromatic rings. The van der Waals surface area contributed by atoms with Crippen LogP contribution in [0.4, 0.5) is 14.6 Å². The molecule has 0 N–H and O–H groups in total. The fourth-order valence-corrected chi connectivity index (χ4v) is 4.19. The van der Waals surface area contributed by atoms with E-state index in [1.54, 1.807) is 23.1 Å². The molecule has 2 aliphatic rings. The van der Waals surface area contributed by atoms with E-state index in [0.29, 0.717) is 37.9 Å². The Kier molecular flexibility index (Phi) is 4.65. The molecule has 4 heterocycles. The van der Waals surface area contributed by atoms with Crippen molar-refractivity contribution in [3.8, 4) is 0 Å².